The van der Waals surface area contributed by atoms with Gasteiger partial charge in [0.1, 0.15) is 17.5 Å². The van der Waals surface area contributed by atoms with Gasteiger partial charge in [0.25, 0.3) is 5.89 Å². The third-order valence-corrected chi connectivity index (χ3v) is 4.37. The Morgan fingerprint density at radius 1 is 1.03 bits per heavy atom. The van der Waals surface area contributed by atoms with Gasteiger partial charge in [0, 0.05) is 30.1 Å². The van der Waals surface area contributed by atoms with Crippen molar-refractivity contribution in [2.45, 2.75) is 13.0 Å². The van der Waals surface area contributed by atoms with Crippen LogP contribution in [0.5, 0.6) is 0 Å². The summed E-state index contributed by atoms with van der Waals surface area (Å²) in [5.74, 6) is -1.84. The number of halogens is 5. The predicted octanol–water partition coefficient (Wildman–Crippen LogP) is 5.52. The molecule has 2 aromatic carbocycles. The molecule has 4 aromatic rings. The van der Waals surface area contributed by atoms with Gasteiger partial charge >= 0.3 is 6.43 Å². The number of rotatable bonds is 5. The van der Waals surface area contributed by atoms with Crippen molar-refractivity contribution in [3.05, 3.63) is 76.9 Å². The molecule has 0 aliphatic carbocycles. The number of benzene rings is 2. The molecule has 0 unspecified atom stereocenters. The zero-order valence-electron chi connectivity index (χ0n) is 14.5. The Labute approximate surface area is 166 Å². The Morgan fingerprint density at radius 2 is 1.83 bits per heavy atom. The van der Waals surface area contributed by atoms with Crippen molar-refractivity contribution in [1.29, 1.82) is 0 Å². The van der Waals surface area contributed by atoms with Crippen molar-refractivity contribution >= 4 is 11.6 Å². The zero-order valence-corrected chi connectivity index (χ0v) is 15.2. The molecule has 5 nitrogen and oxygen atoms in total. The monoisotopic (exact) mass is 422 g/mol. The van der Waals surface area contributed by atoms with Crippen molar-refractivity contribution in [3.63, 3.8) is 0 Å². The number of hydrogen-bond acceptors (Lipinski definition) is 4. The standard InChI is InChI=1S/C19H11ClF4N4O/c20-14-5-10(1-2-15(14)22)9-28-4-3-25-17(28)11-6-12(8-13(21)7-11)18-26-27-19(29-18)16(23)24/h1-8,16H,9H2. The quantitative estimate of drug-likeness (QED) is 0.397. The van der Waals surface area contributed by atoms with Crippen LogP contribution in [0.3, 0.4) is 0 Å². The molecule has 0 bridgehead atoms. The Kier molecular flexibility index (Phi) is 5.06. The van der Waals surface area contributed by atoms with E-state index in [0.717, 1.165) is 6.07 Å². The first-order valence-corrected chi connectivity index (χ1v) is 8.66. The van der Waals surface area contributed by atoms with Gasteiger partial charge in [0.05, 0.1) is 5.02 Å². The highest BCUT2D eigenvalue weighted by molar-refractivity contribution is 6.30. The van der Waals surface area contributed by atoms with Gasteiger partial charge in [-0.05, 0) is 35.9 Å². The summed E-state index contributed by atoms with van der Waals surface area (Å²) >= 11 is 5.82. The van der Waals surface area contributed by atoms with Crippen molar-refractivity contribution in [2.75, 3.05) is 0 Å². The Balaban J connectivity index is 1.69. The smallest absolute Gasteiger partial charge is 0.314 e. The fraction of sp³-hybridized carbons (Fsp3) is 0.105. The van der Waals surface area contributed by atoms with Crippen LogP contribution >= 0.6 is 11.6 Å². The second-order valence-corrected chi connectivity index (χ2v) is 6.51. The lowest BCUT2D eigenvalue weighted by Crippen LogP contribution is -2.02. The minimum Gasteiger partial charge on any atom is -0.415 e. The Hall–Kier alpha value is -3.20. The molecule has 0 aliphatic heterocycles. The third-order valence-electron chi connectivity index (χ3n) is 4.08. The van der Waals surface area contributed by atoms with Crippen LogP contribution in [0.1, 0.15) is 17.9 Å². The molecule has 0 saturated heterocycles. The fourth-order valence-corrected chi connectivity index (χ4v) is 3.02. The summed E-state index contributed by atoms with van der Waals surface area (Å²) in [4.78, 5) is 4.23. The van der Waals surface area contributed by atoms with Crippen LogP contribution in [0.4, 0.5) is 17.6 Å². The second-order valence-electron chi connectivity index (χ2n) is 6.10. The molecular formula is C19H11ClF4N4O. The molecule has 10 heteroatoms. The van der Waals surface area contributed by atoms with Gasteiger partial charge in [0.2, 0.25) is 5.89 Å². The first-order chi connectivity index (χ1) is 13.9. The van der Waals surface area contributed by atoms with Gasteiger partial charge in [-0.25, -0.2) is 13.8 Å². The third kappa shape index (κ3) is 4.00. The van der Waals surface area contributed by atoms with E-state index >= 15 is 0 Å². The van der Waals surface area contributed by atoms with Gasteiger partial charge in [-0.1, -0.05) is 17.7 Å². The van der Waals surface area contributed by atoms with Crippen LogP contribution in [-0.2, 0) is 6.54 Å². The minimum absolute atomic E-state index is 0.0107. The van der Waals surface area contributed by atoms with Crippen LogP contribution in [-0.4, -0.2) is 19.7 Å². The SMILES string of the molecule is Fc1cc(-c2nnc(C(F)F)o2)cc(-c2nccn2Cc2ccc(F)c(Cl)c2)c1. The van der Waals surface area contributed by atoms with E-state index in [2.05, 4.69) is 15.2 Å². The first kappa shape index (κ1) is 19.1. The molecule has 0 atom stereocenters. The van der Waals surface area contributed by atoms with Gasteiger partial charge in [0.15, 0.2) is 0 Å². The molecule has 2 aromatic heterocycles. The number of nitrogens with zero attached hydrogens (tertiary/aromatic N) is 4. The number of imidazole rings is 1. The van der Waals surface area contributed by atoms with Crippen molar-refractivity contribution < 1.29 is 22.0 Å². The van der Waals surface area contributed by atoms with Gasteiger partial charge in [-0.15, -0.1) is 10.2 Å². The molecule has 0 radical (unpaired) electrons. The predicted molar refractivity (Wildman–Crippen MR) is 96.4 cm³/mol. The van der Waals surface area contributed by atoms with E-state index in [1.165, 1.54) is 30.5 Å². The normalized spacial score (nSPS) is 11.4. The summed E-state index contributed by atoms with van der Waals surface area (Å²) in [7, 11) is 0. The summed E-state index contributed by atoms with van der Waals surface area (Å²) < 4.78 is 59.5. The molecule has 148 valence electrons. The van der Waals surface area contributed by atoms with Crippen LogP contribution < -0.4 is 0 Å². The Bertz CT molecular complexity index is 1170. The van der Waals surface area contributed by atoms with Crippen LogP contribution in [0, 0.1) is 11.6 Å². The summed E-state index contributed by atoms with van der Waals surface area (Å²) in [6.07, 6.45) is 0.261. The molecule has 0 saturated carbocycles. The van der Waals surface area contributed by atoms with Crippen molar-refractivity contribution in [3.8, 4) is 22.8 Å². The number of alkyl halides is 2. The van der Waals surface area contributed by atoms with Crippen LogP contribution in [0.25, 0.3) is 22.8 Å². The lowest BCUT2D eigenvalue weighted by atomic mass is 10.1. The summed E-state index contributed by atoms with van der Waals surface area (Å²) in [5.41, 5.74) is 1.22. The summed E-state index contributed by atoms with van der Waals surface area (Å²) in [6, 6.07) is 8.16. The highest BCUT2D eigenvalue weighted by Gasteiger charge is 2.19. The van der Waals surface area contributed by atoms with Crippen molar-refractivity contribution in [2.24, 2.45) is 0 Å². The van der Waals surface area contributed by atoms with E-state index < -0.39 is 24.0 Å². The van der Waals surface area contributed by atoms with Crippen LogP contribution in [0.15, 0.2) is 53.2 Å². The van der Waals surface area contributed by atoms with E-state index in [9.17, 15) is 17.6 Å². The largest absolute Gasteiger partial charge is 0.415 e. The lowest BCUT2D eigenvalue weighted by Gasteiger charge is -2.10. The van der Waals surface area contributed by atoms with Crippen molar-refractivity contribution in [1.82, 2.24) is 19.7 Å². The van der Waals surface area contributed by atoms with E-state index in [1.54, 1.807) is 16.8 Å². The Morgan fingerprint density at radius 3 is 2.55 bits per heavy atom. The first-order valence-electron chi connectivity index (χ1n) is 8.28. The molecule has 0 fully saturated rings. The number of hydrogen-bond donors (Lipinski definition) is 0. The maximum absolute atomic E-state index is 14.2. The van der Waals surface area contributed by atoms with Gasteiger partial charge < -0.3 is 8.98 Å². The summed E-state index contributed by atoms with van der Waals surface area (Å²) in [5, 5.41) is 6.78. The van der Waals surface area contributed by atoms with Gasteiger partial charge in [-0.2, -0.15) is 8.78 Å². The number of aromatic nitrogens is 4. The second kappa shape index (κ2) is 7.67. The molecule has 29 heavy (non-hydrogen) atoms. The topological polar surface area (TPSA) is 56.7 Å². The highest BCUT2D eigenvalue weighted by atomic mass is 35.5. The maximum Gasteiger partial charge on any atom is 0.314 e. The molecule has 4 rings (SSSR count). The fourth-order valence-electron chi connectivity index (χ4n) is 2.81. The van der Waals surface area contributed by atoms with Gasteiger partial charge in [-0.3, -0.25) is 0 Å². The molecular weight excluding hydrogens is 412 g/mol. The maximum atomic E-state index is 14.2. The molecule has 0 N–H and O–H groups in total. The minimum atomic E-state index is -2.93. The lowest BCUT2D eigenvalue weighted by molar-refractivity contribution is 0.116. The molecule has 0 spiro atoms. The molecule has 0 aliphatic rings. The average molecular weight is 423 g/mol. The van der Waals surface area contributed by atoms with E-state index in [1.807, 2.05) is 0 Å². The highest BCUT2D eigenvalue weighted by Crippen LogP contribution is 2.29. The molecule has 0 amide bonds. The van der Waals surface area contributed by atoms with Crippen LogP contribution in [0.2, 0.25) is 5.02 Å². The summed E-state index contributed by atoms with van der Waals surface area (Å²) in [6.45, 7) is 0.303. The van der Waals surface area contributed by atoms with E-state index in [4.69, 9.17) is 16.0 Å². The average Bonchev–Trinajstić information content (AvgIpc) is 3.34. The molecule has 2 heterocycles. The zero-order chi connectivity index (χ0) is 20.5. The van der Waals surface area contributed by atoms with E-state index in [0.29, 0.717) is 23.5 Å². The van der Waals surface area contributed by atoms with E-state index in [-0.39, 0.29) is 16.5 Å².